The number of nitrogens with one attached hydrogen (secondary N) is 2. The number of aliphatic imine (C=N–C) groups is 1. The molecule has 1 aliphatic rings. The highest BCUT2D eigenvalue weighted by Crippen LogP contribution is 2.13. The van der Waals surface area contributed by atoms with Crippen molar-refractivity contribution in [2.75, 3.05) is 26.7 Å². The average Bonchev–Trinajstić information content (AvgIpc) is 2.54. The van der Waals surface area contributed by atoms with Crippen LogP contribution in [0.5, 0.6) is 0 Å². The van der Waals surface area contributed by atoms with Crippen molar-refractivity contribution < 1.29 is 0 Å². The van der Waals surface area contributed by atoms with Gasteiger partial charge in [0.05, 0.1) is 0 Å². The molecule has 2 N–H and O–H groups in total. The Labute approximate surface area is 161 Å². The van der Waals surface area contributed by atoms with Gasteiger partial charge in [-0.3, -0.25) is 4.99 Å². The van der Waals surface area contributed by atoms with E-state index >= 15 is 0 Å². The SMILES string of the molecule is CCCCC(CC)CNC(=NC)NC1CCN(C(C)C)CC1.I. The Balaban J connectivity index is 0.00000484. The zero-order chi connectivity index (χ0) is 16.4. The molecule has 0 amide bonds. The lowest BCUT2D eigenvalue weighted by atomic mass is 9.99. The van der Waals surface area contributed by atoms with Crippen molar-refractivity contribution in [3.8, 4) is 0 Å². The molecule has 0 aromatic carbocycles. The monoisotopic (exact) mass is 438 g/mol. The quantitative estimate of drug-likeness (QED) is 0.344. The van der Waals surface area contributed by atoms with Gasteiger partial charge in [0.2, 0.25) is 0 Å². The molecular formula is C18H39IN4. The number of hydrogen-bond donors (Lipinski definition) is 2. The third kappa shape index (κ3) is 9.13. The second kappa shape index (κ2) is 13.3. The lowest BCUT2D eigenvalue weighted by Crippen LogP contribution is -2.50. The summed E-state index contributed by atoms with van der Waals surface area (Å²) in [6.45, 7) is 12.6. The van der Waals surface area contributed by atoms with Gasteiger partial charge in [-0.2, -0.15) is 0 Å². The van der Waals surface area contributed by atoms with Crippen LogP contribution in [0, 0.1) is 5.92 Å². The molecule has 0 aromatic rings. The summed E-state index contributed by atoms with van der Waals surface area (Å²) in [5.41, 5.74) is 0. The maximum absolute atomic E-state index is 4.40. The molecule has 5 heteroatoms. The topological polar surface area (TPSA) is 39.7 Å². The first-order valence-electron chi connectivity index (χ1n) is 9.31. The van der Waals surface area contributed by atoms with E-state index in [1.165, 1.54) is 51.6 Å². The van der Waals surface area contributed by atoms with Gasteiger partial charge in [0.15, 0.2) is 5.96 Å². The van der Waals surface area contributed by atoms with E-state index in [1.54, 1.807) is 0 Å². The van der Waals surface area contributed by atoms with Crippen molar-refractivity contribution in [3.63, 3.8) is 0 Å². The predicted molar refractivity (Wildman–Crippen MR) is 113 cm³/mol. The van der Waals surface area contributed by atoms with E-state index in [-0.39, 0.29) is 24.0 Å². The molecule has 0 spiro atoms. The molecule has 0 bridgehead atoms. The number of piperidine rings is 1. The fourth-order valence-electron chi connectivity index (χ4n) is 3.13. The third-order valence-corrected chi connectivity index (χ3v) is 4.93. The number of halogens is 1. The van der Waals surface area contributed by atoms with Crippen molar-refractivity contribution in [3.05, 3.63) is 0 Å². The Morgan fingerprint density at radius 2 is 1.87 bits per heavy atom. The largest absolute Gasteiger partial charge is 0.356 e. The van der Waals surface area contributed by atoms with Crippen LogP contribution in [0.4, 0.5) is 0 Å². The van der Waals surface area contributed by atoms with Crippen LogP contribution in [0.3, 0.4) is 0 Å². The van der Waals surface area contributed by atoms with Gasteiger partial charge in [0.25, 0.3) is 0 Å². The maximum Gasteiger partial charge on any atom is 0.191 e. The van der Waals surface area contributed by atoms with Crippen molar-refractivity contribution in [1.29, 1.82) is 0 Å². The Kier molecular flexibility index (Phi) is 13.3. The standard InChI is InChI=1S/C18H38N4.HI/c1-6-8-9-16(7-2)14-20-18(19-5)21-17-10-12-22(13-11-17)15(3)4;/h15-17H,6-14H2,1-5H3,(H2,19,20,21);1H. The van der Waals surface area contributed by atoms with Crippen LogP contribution in [0.15, 0.2) is 4.99 Å². The van der Waals surface area contributed by atoms with Gasteiger partial charge in [-0.1, -0.05) is 33.1 Å². The molecule has 138 valence electrons. The van der Waals surface area contributed by atoms with E-state index in [1.807, 2.05) is 7.05 Å². The number of hydrogen-bond acceptors (Lipinski definition) is 2. The van der Waals surface area contributed by atoms with E-state index < -0.39 is 0 Å². The number of guanidine groups is 1. The Morgan fingerprint density at radius 3 is 2.35 bits per heavy atom. The first-order valence-corrected chi connectivity index (χ1v) is 9.31. The van der Waals surface area contributed by atoms with E-state index in [0.29, 0.717) is 12.1 Å². The summed E-state index contributed by atoms with van der Waals surface area (Å²) in [4.78, 5) is 6.97. The number of nitrogens with zero attached hydrogens (tertiary/aromatic N) is 2. The molecule has 0 saturated carbocycles. The lowest BCUT2D eigenvalue weighted by Gasteiger charge is -2.35. The minimum absolute atomic E-state index is 0. The first-order chi connectivity index (χ1) is 10.6. The molecule has 1 fully saturated rings. The molecule has 1 saturated heterocycles. The molecule has 4 nitrogen and oxygen atoms in total. The molecular weight excluding hydrogens is 399 g/mol. The molecule has 1 atom stereocenters. The van der Waals surface area contributed by atoms with Crippen LogP contribution in [0.2, 0.25) is 0 Å². The van der Waals surface area contributed by atoms with Crippen molar-refractivity contribution >= 4 is 29.9 Å². The summed E-state index contributed by atoms with van der Waals surface area (Å²) in [6, 6.07) is 1.24. The van der Waals surface area contributed by atoms with Gasteiger partial charge in [0, 0.05) is 38.8 Å². The van der Waals surface area contributed by atoms with E-state index in [4.69, 9.17) is 0 Å². The van der Waals surface area contributed by atoms with Crippen LogP contribution in [0.25, 0.3) is 0 Å². The van der Waals surface area contributed by atoms with Gasteiger partial charge < -0.3 is 15.5 Å². The highest BCUT2D eigenvalue weighted by atomic mass is 127. The normalized spacial score (nSPS) is 18.6. The average molecular weight is 438 g/mol. The molecule has 0 aromatic heterocycles. The fraction of sp³-hybridized carbons (Fsp3) is 0.944. The van der Waals surface area contributed by atoms with E-state index in [2.05, 4.69) is 48.2 Å². The molecule has 1 rings (SSSR count). The Hall–Kier alpha value is -0.0400. The summed E-state index contributed by atoms with van der Waals surface area (Å²) in [5, 5.41) is 7.15. The highest BCUT2D eigenvalue weighted by molar-refractivity contribution is 14.0. The molecule has 1 heterocycles. The zero-order valence-corrected chi connectivity index (χ0v) is 18.2. The predicted octanol–water partition coefficient (Wildman–Crippen LogP) is 3.86. The number of likely N-dealkylation sites (tertiary alicyclic amines) is 1. The minimum Gasteiger partial charge on any atom is -0.356 e. The smallest absolute Gasteiger partial charge is 0.191 e. The number of unbranched alkanes of at least 4 members (excludes halogenated alkanes) is 1. The minimum atomic E-state index is 0. The van der Waals surface area contributed by atoms with Crippen LogP contribution in [-0.2, 0) is 0 Å². The molecule has 1 unspecified atom stereocenters. The van der Waals surface area contributed by atoms with Crippen molar-refractivity contribution in [2.24, 2.45) is 10.9 Å². The van der Waals surface area contributed by atoms with Gasteiger partial charge >= 0.3 is 0 Å². The van der Waals surface area contributed by atoms with Crippen LogP contribution < -0.4 is 10.6 Å². The van der Waals surface area contributed by atoms with Gasteiger partial charge in [-0.15, -0.1) is 24.0 Å². The first kappa shape index (κ1) is 23.0. The maximum atomic E-state index is 4.40. The summed E-state index contributed by atoms with van der Waals surface area (Å²) in [5.74, 6) is 1.75. The van der Waals surface area contributed by atoms with Crippen LogP contribution >= 0.6 is 24.0 Å². The number of rotatable bonds is 8. The van der Waals surface area contributed by atoms with Gasteiger partial charge in [0.1, 0.15) is 0 Å². The fourth-order valence-corrected chi connectivity index (χ4v) is 3.13. The van der Waals surface area contributed by atoms with Crippen LogP contribution in [-0.4, -0.2) is 49.6 Å². The van der Waals surface area contributed by atoms with Gasteiger partial charge in [-0.05, 0) is 39.0 Å². The second-order valence-corrected chi connectivity index (χ2v) is 6.92. The Bertz CT molecular complexity index is 312. The lowest BCUT2D eigenvalue weighted by molar-refractivity contribution is 0.167. The third-order valence-electron chi connectivity index (χ3n) is 4.93. The molecule has 23 heavy (non-hydrogen) atoms. The second-order valence-electron chi connectivity index (χ2n) is 6.92. The van der Waals surface area contributed by atoms with Gasteiger partial charge in [-0.25, -0.2) is 0 Å². The summed E-state index contributed by atoms with van der Waals surface area (Å²) < 4.78 is 0. The Morgan fingerprint density at radius 1 is 1.22 bits per heavy atom. The van der Waals surface area contributed by atoms with Crippen molar-refractivity contribution in [2.45, 2.75) is 78.3 Å². The van der Waals surface area contributed by atoms with E-state index in [0.717, 1.165) is 18.4 Å². The van der Waals surface area contributed by atoms with Crippen molar-refractivity contribution in [1.82, 2.24) is 15.5 Å². The molecule has 0 aliphatic carbocycles. The molecule has 0 radical (unpaired) electrons. The summed E-state index contributed by atoms with van der Waals surface area (Å²) >= 11 is 0. The van der Waals surface area contributed by atoms with E-state index in [9.17, 15) is 0 Å². The summed E-state index contributed by atoms with van der Waals surface area (Å²) in [6.07, 6.45) is 7.62. The highest BCUT2D eigenvalue weighted by Gasteiger charge is 2.21. The summed E-state index contributed by atoms with van der Waals surface area (Å²) in [7, 11) is 1.88. The zero-order valence-electron chi connectivity index (χ0n) is 15.9. The molecule has 1 aliphatic heterocycles. The van der Waals surface area contributed by atoms with Crippen LogP contribution in [0.1, 0.15) is 66.2 Å².